The van der Waals surface area contributed by atoms with E-state index in [4.69, 9.17) is 9.47 Å². The lowest BCUT2D eigenvalue weighted by Crippen LogP contribution is -2.23. The average Bonchev–Trinajstić information content (AvgIpc) is 2.92. The van der Waals surface area contributed by atoms with Gasteiger partial charge in [-0.3, -0.25) is 0 Å². The molecule has 0 aromatic heterocycles. The molecule has 0 aliphatic carbocycles. The SMILES string of the molecule is Oc1ccc2c(c1CC1CCCN1)OCO2. The zero-order chi connectivity index (χ0) is 11.0. The fourth-order valence-electron chi connectivity index (χ4n) is 2.39. The molecule has 2 heterocycles. The number of phenols is 1. The molecule has 0 radical (unpaired) electrons. The van der Waals surface area contributed by atoms with Crippen molar-refractivity contribution in [3.8, 4) is 17.2 Å². The maximum atomic E-state index is 9.87. The minimum Gasteiger partial charge on any atom is -0.508 e. The Morgan fingerprint density at radius 2 is 2.31 bits per heavy atom. The molecule has 16 heavy (non-hydrogen) atoms. The molecule has 4 nitrogen and oxygen atoms in total. The highest BCUT2D eigenvalue weighted by molar-refractivity contribution is 5.54. The van der Waals surface area contributed by atoms with Crippen LogP contribution in [0.2, 0.25) is 0 Å². The van der Waals surface area contributed by atoms with E-state index < -0.39 is 0 Å². The lowest BCUT2D eigenvalue weighted by Gasteiger charge is -2.13. The van der Waals surface area contributed by atoms with Crippen LogP contribution in [0.5, 0.6) is 17.2 Å². The van der Waals surface area contributed by atoms with Gasteiger partial charge in [0.15, 0.2) is 11.5 Å². The van der Waals surface area contributed by atoms with E-state index >= 15 is 0 Å². The van der Waals surface area contributed by atoms with Gasteiger partial charge in [-0.1, -0.05) is 0 Å². The summed E-state index contributed by atoms with van der Waals surface area (Å²) in [5, 5.41) is 13.3. The minimum atomic E-state index is 0.254. The van der Waals surface area contributed by atoms with Gasteiger partial charge in [0, 0.05) is 11.6 Å². The Morgan fingerprint density at radius 1 is 1.38 bits per heavy atom. The second-order valence-electron chi connectivity index (χ2n) is 4.29. The van der Waals surface area contributed by atoms with Gasteiger partial charge in [-0.25, -0.2) is 0 Å². The van der Waals surface area contributed by atoms with Gasteiger partial charge in [0.1, 0.15) is 5.75 Å². The van der Waals surface area contributed by atoms with E-state index in [9.17, 15) is 5.11 Å². The van der Waals surface area contributed by atoms with E-state index in [2.05, 4.69) is 5.32 Å². The topological polar surface area (TPSA) is 50.7 Å². The molecule has 2 N–H and O–H groups in total. The van der Waals surface area contributed by atoms with Gasteiger partial charge in [-0.2, -0.15) is 0 Å². The van der Waals surface area contributed by atoms with E-state index in [1.165, 1.54) is 6.42 Å². The molecule has 1 aromatic rings. The van der Waals surface area contributed by atoms with Crippen LogP contribution in [0.15, 0.2) is 12.1 Å². The summed E-state index contributed by atoms with van der Waals surface area (Å²) in [4.78, 5) is 0. The zero-order valence-electron chi connectivity index (χ0n) is 9.03. The number of nitrogens with one attached hydrogen (secondary N) is 1. The predicted molar refractivity (Wildman–Crippen MR) is 59.0 cm³/mol. The van der Waals surface area contributed by atoms with Crippen LogP contribution in [0.1, 0.15) is 18.4 Å². The summed E-state index contributed by atoms with van der Waals surface area (Å²) in [5.41, 5.74) is 0.870. The molecule has 0 saturated carbocycles. The summed E-state index contributed by atoms with van der Waals surface area (Å²) in [6, 6.07) is 3.88. The van der Waals surface area contributed by atoms with E-state index in [0.29, 0.717) is 17.5 Å². The molecule has 1 unspecified atom stereocenters. The summed E-state index contributed by atoms with van der Waals surface area (Å²) in [5.74, 6) is 1.76. The predicted octanol–water partition coefficient (Wildman–Crippen LogP) is 1.42. The number of rotatable bonds is 2. The first-order valence-electron chi connectivity index (χ1n) is 5.68. The van der Waals surface area contributed by atoms with E-state index in [1.54, 1.807) is 12.1 Å². The van der Waals surface area contributed by atoms with Crippen LogP contribution >= 0.6 is 0 Å². The Bertz CT molecular complexity index is 399. The van der Waals surface area contributed by atoms with Gasteiger partial charge in [-0.05, 0) is 37.9 Å². The summed E-state index contributed by atoms with van der Waals surface area (Å²) >= 11 is 0. The molecular weight excluding hydrogens is 206 g/mol. The van der Waals surface area contributed by atoms with Crippen molar-refractivity contribution in [1.29, 1.82) is 0 Å². The molecule has 0 amide bonds. The number of ether oxygens (including phenoxy) is 2. The largest absolute Gasteiger partial charge is 0.508 e. The molecule has 1 atom stereocenters. The first-order chi connectivity index (χ1) is 7.84. The Hall–Kier alpha value is -1.42. The average molecular weight is 221 g/mol. The summed E-state index contributed by atoms with van der Waals surface area (Å²) in [7, 11) is 0. The van der Waals surface area contributed by atoms with Crippen molar-refractivity contribution in [2.24, 2.45) is 0 Å². The Morgan fingerprint density at radius 3 is 3.12 bits per heavy atom. The number of phenolic OH excluding ortho intramolecular Hbond substituents is 1. The van der Waals surface area contributed by atoms with Crippen LogP contribution in [0.25, 0.3) is 0 Å². The Labute approximate surface area is 94.2 Å². The molecule has 2 aliphatic heterocycles. The number of aromatic hydroxyl groups is 1. The molecular formula is C12H15NO3. The fraction of sp³-hybridized carbons (Fsp3) is 0.500. The monoisotopic (exact) mass is 221 g/mol. The Kier molecular flexibility index (Phi) is 2.36. The second-order valence-corrected chi connectivity index (χ2v) is 4.29. The molecule has 3 rings (SSSR count). The van der Waals surface area contributed by atoms with Crippen molar-refractivity contribution in [1.82, 2.24) is 5.32 Å². The van der Waals surface area contributed by atoms with E-state index in [1.807, 2.05) is 0 Å². The maximum absolute atomic E-state index is 9.87. The number of benzene rings is 1. The second kappa shape index (κ2) is 3.87. The molecule has 4 heteroatoms. The van der Waals surface area contributed by atoms with Crippen molar-refractivity contribution < 1.29 is 14.6 Å². The molecule has 0 bridgehead atoms. The van der Waals surface area contributed by atoms with Crippen LogP contribution in [0, 0.1) is 0 Å². The smallest absolute Gasteiger partial charge is 0.231 e. The molecule has 1 saturated heterocycles. The summed E-state index contributed by atoms with van der Waals surface area (Å²) in [6.45, 7) is 1.32. The Balaban J connectivity index is 1.90. The molecule has 1 fully saturated rings. The number of hydrogen-bond acceptors (Lipinski definition) is 4. The first kappa shape index (κ1) is 9.78. The van der Waals surface area contributed by atoms with Crippen LogP contribution < -0.4 is 14.8 Å². The third-order valence-electron chi connectivity index (χ3n) is 3.23. The highest BCUT2D eigenvalue weighted by atomic mass is 16.7. The third kappa shape index (κ3) is 1.59. The molecule has 1 aromatic carbocycles. The molecule has 0 spiro atoms. The van der Waals surface area contributed by atoms with Crippen LogP contribution in [0.4, 0.5) is 0 Å². The lowest BCUT2D eigenvalue weighted by atomic mass is 10.0. The summed E-state index contributed by atoms with van der Waals surface area (Å²) in [6.07, 6.45) is 3.17. The zero-order valence-corrected chi connectivity index (χ0v) is 9.03. The van der Waals surface area contributed by atoms with Crippen molar-refractivity contribution in [3.05, 3.63) is 17.7 Å². The minimum absolute atomic E-state index is 0.254. The van der Waals surface area contributed by atoms with Crippen molar-refractivity contribution >= 4 is 0 Å². The van der Waals surface area contributed by atoms with Crippen molar-refractivity contribution in [2.75, 3.05) is 13.3 Å². The number of fused-ring (bicyclic) bond motifs is 1. The van der Waals surface area contributed by atoms with Crippen molar-refractivity contribution in [2.45, 2.75) is 25.3 Å². The highest BCUT2D eigenvalue weighted by Gasteiger charge is 2.24. The maximum Gasteiger partial charge on any atom is 0.231 e. The fourth-order valence-corrected chi connectivity index (χ4v) is 2.39. The van der Waals surface area contributed by atoms with Gasteiger partial charge in [0.2, 0.25) is 6.79 Å². The van der Waals surface area contributed by atoms with Gasteiger partial charge in [0.25, 0.3) is 0 Å². The quantitative estimate of drug-likeness (QED) is 0.793. The van der Waals surface area contributed by atoms with E-state index in [0.717, 1.165) is 30.7 Å². The molecule has 86 valence electrons. The van der Waals surface area contributed by atoms with Crippen LogP contribution in [-0.4, -0.2) is 24.5 Å². The van der Waals surface area contributed by atoms with Gasteiger partial charge < -0.3 is 19.9 Å². The normalized spacial score (nSPS) is 22.6. The summed E-state index contributed by atoms with van der Waals surface area (Å²) < 4.78 is 10.7. The van der Waals surface area contributed by atoms with Crippen LogP contribution in [0.3, 0.4) is 0 Å². The van der Waals surface area contributed by atoms with Gasteiger partial charge in [0.05, 0.1) is 0 Å². The van der Waals surface area contributed by atoms with Gasteiger partial charge in [-0.15, -0.1) is 0 Å². The first-order valence-corrected chi connectivity index (χ1v) is 5.68. The van der Waals surface area contributed by atoms with Gasteiger partial charge >= 0.3 is 0 Å². The van der Waals surface area contributed by atoms with Crippen molar-refractivity contribution in [3.63, 3.8) is 0 Å². The standard InChI is InChI=1S/C12H15NO3/c14-10-3-4-11-12(16-7-15-11)9(10)6-8-2-1-5-13-8/h3-4,8,13-14H,1-2,5-7H2. The highest BCUT2D eigenvalue weighted by Crippen LogP contribution is 2.41. The van der Waals surface area contributed by atoms with Crippen LogP contribution in [-0.2, 0) is 6.42 Å². The number of hydrogen-bond donors (Lipinski definition) is 2. The van der Waals surface area contributed by atoms with E-state index in [-0.39, 0.29) is 6.79 Å². The molecule has 2 aliphatic rings. The lowest BCUT2D eigenvalue weighted by molar-refractivity contribution is 0.173. The third-order valence-corrected chi connectivity index (χ3v) is 3.23.